The molecular formula is C15H11NO4. The Morgan fingerprint density at radius 2 is 1.75 bits per heavy atom. The lowest BCUT2D eigenvalue weighted by molar-refractivity contribution is 0.0555. The Morgan fingerprint density at radius 1 is 1.10 bits per heavy atom. The number of ether oxygens (including phenoxy) is 2. The van der Waals surface area contributed by atoms with E-state index in [-0.39, 0.29) is 16.7 Å². The summed E-state index contributed by atoms with van der Waals surface area (Å²) in [6.07, 6.45) is 0. The van der Waals surface area contributed by atoms with E-state index in [2.05, 4.69) is 9.47 Å². The summed E-state index contributed by atoms with van der Waals surface area (Å²) in [6, 6.07) is 10.5. The molecule has 0 spiro atoms. The second-order valence-electron chi connectivity index (χ2n) is 3.99. The van der Waals surface area contributed by atoms with Crippen molar-refractivity contribution in [1.29, 1.82) is 5.26 Å². The Kier molecular flexibility index (Phi) is 3.67. The van der Waals surface area contributed by atoms with Gasteiger partial charge in [-0.3, -0.25) is 0 Å². The van der Waals surface area contributed by atoms with Crippen LogP contribution in [0.5, 0.6) is 0 Å². The van der Waals surface area contributed by atoms with Crippen molar-refractivity contribution in [3.8, 4) is 6.07 Å². The van der Waals surface area contributed by atoms with Crippen LogP contribution in [0.4, 0.5) is 0 Å². The predicted octanol–water partition coefficient (Wildman–Crippen LogP) is 2.28. The summed E-state index contributed by atoms with van der Waals surface area (Å²) in [7, 11) is 2.41. The van der Waals surface area contributed by atoms with Gasteiger partial charge in [-0.25, -0.2) is 9.59 Å². The van der Waals surface area contributed by atoms with E-state index >= 15 is 0 Å². The van der Waals surface area contributed by atoms with Gasteiger partial charge in [0.15, 0.2) is 0 Å². The number of methoxy groups -OCH3 is 2. The number of nitriles is 1. The van der Waals surface area contributed by atoms with Crippen LogP contribution in [-0.4, -0.2) is 26.2 Å². The number of fused-ring (bicyclic) bond motifs is 1. The summed E-state index contributed by atoms with van der Waals surface area (Å²) >= 11 is 0. The first-order chi connectivity index (χ1) is 9.63. The topological polar surface area (TPSA) is 76.4 Å². The van der Waals surface area contributed by atoms with E-state index in [0.717, 1.165) is 0 Å². The smallest absolute Gasteiger partial charge is 0.340 e. The SMILES string of the molecule is COC(=O)c1cc2ccccc2c(C#N)c1C(=O)OC. The van der Waals surface area contributed by atoms with Crippen molar-refractivity contribution in [3.63, 3.8) is 0 Å². The predicted molar refractivity (Wildman–Crippen MR) is 71.3 cm³/mol. The van der Waals surface area contributed by atoms with E-state index in [9.17, 15) is 14.9 Å². The van der Waals surface area contributed by atoms with Crippen LogP contribution in [0.25, 0.3) is 10.8 Å². The molecule has 100 valence electrons. The average molecular weight is 269 g/mol. The zero-order chi connectivity index (χ0) is 14.7. The van der Waals surface area contributed by atoms with Gasteiger partial charge in [0.05, 0.1) is 30.9 Å². The van der Waals surface area contributed by atoms with E-state index in [4.69, 9.17) is 0 Å². The lowest BCUT2D eigenvalue weighted by Gasteiger charge is -2.11. The number of benzene rings is 2. The summed E-state index contributed by atoms with van der Waals surface area (Å²) in [4.78, 5) is 23.7. The van der Waals surface area contributed by atoms with Gasteiger partial charge in [0, 0.05) is 5.39 Å². The van der Waals surface area contributed by atoms with Crippen molar-refractivity contribution in [2.24, 2.45) is 0 Å². The molecule has 0 bridgehead atoms. The largest absolute Gasteiger partial charge is 0.465 e. The van der Waals surface area contributed by atoms with Gasteiger partial charge in [-0.15, -0.1) is 0 Å². The fourth-order valence-corrected chi connectivity index (χ4v) is 2.05. The van der Waals surface area contributed by atoms with Gasteiger partial charge in [-0.1, -0.05) is 24.3 Å². The van der Waals surface area contributed by atoms with Gasteiger partial charge < -0.3 is 9.47 Å². The van der Waals surface area contributed by atoms with Crippen LogP contribution in [0, 0.1) is 11.3 Å². The molecule has 0 radical (unpaired) electrons. The number of carbonyl (C=O) groups is 2. The highest BCUT2D eigenvalue weighted by molar-refractivity contribution is 6.10. The van der Waals surface area contributed by atoms with Crippen molar-refractivity contribution >= 4 is 22.7 Å². The van der Waals surface area contributed by atoms with Crippen LogP contribution in [0.1, 0.15) is 26.3 Å². The molecule has 2 aromatic carbocycles. The third kappa shape index (κ3) is 2.08. The van der Waals surface area contributed by atoms with Crippen LogP contribution >= 0.6 is 0 Å². The summed E-state index contributed by atoms with van der Waals surface area (Å²) in [5.74, 6) is -1.43. The number of hydrogen-bond donors (Lipinski definition) is 0. The van der Waals surface area contributed by atoms with Crippen LogP contribution in [0.3, 0.4) is 0 Å². The van der Waals surface area contributed by atoms with Gasteiger partial charge in [0.1, 0.15) is 6.07 Å². The van der Waals surface area contributed by atoms with Crippen molar-refractivity contribution < 1.29 is 19.1 Å². The molecule has 0 aromatic heterocycles. The molecule has 0 amide bonds. The van der Waals surface area contributed by atoms with Crippen LogP contribution < -0.4 is 0 Å². The third-order valence-corrected chi connectivity index (χ3v) is 2.96. The fraction of sp³-hybridized carbons (Fsp3) is 0.133. The van der Waals surface area contributed by atoms with Gasteiger partial charge in [0.25, 0.3) is 0 Å². The van der Waals surface area contributed by atoms with Crippen molar-refractivity contribution in [2.75, 3.05) is 14.2 Å². The molecule has 5 heteroatoms. The molecule has 0 saturated heterocycles. The monoisotopic (exact) mass is 269 g/mol. The summed E-state index contributed by atoms with van der Waals surface area (Å²) in [5, 5.41) is 10.6. The molecule has 20 heavy (non-hydrogen) atoms. The number of nitrogens with zero attached hydrogens (tertiary/aromatic N) is 1. The van der Waals surface area contributed by atoms with Crippen LogP contribution in [0.15, 0.2) is 30.3 Å². The van der Waals surface area contributed by atoms with Crippen LogP contribution in [0.2, 0.25) is 0 Å². The number of carbonyl (C=O) groups excluding carboxylic acids is 2. The highest BCUT2D eigenvalue weighted by atomic mass is 16.5. The Labute approximate surface area is 115 Å². The minimum absolute atomic E-state index is 0.0228. The third-order valence-electron chi connectivity index (χ3n) is 2.96. The summed E-state index contributed by atoms with van der Waals surface area (Å²) < 4.78 is 9.33. The molecule has 0 saturated carbocycles. The maximum atomic E-state index is 11.9. The van der Waals surface area contributed by atoms with Crippen LogP contribution in [-0.2, 0) is 9.47 Å². The molecule has 2 rings (SSSR count). The Morgan fingerprint density at radius 3 is 2.35 bits per heavy atom. The van der Waals surface area contributed by atoms with Crippen molar-refractivity contribution in [1.82, 2.24) is 0 Å². The highest BCUT2D eigenvalue weighted by Gasteiger charge is 2.24. The van der Waals surface area contributed by atoms with E-state index in [1.165, 1.54) is 20.3 Å². The molecule has 0 N–H and O–H groups in total. The minimum Gasteiger partial charge on any atom is -0.465 e. The second kappa shape index (κ2) is 5.41. The van der Waals surface area contributed by atoms with E-state index in [0.29, 0.717) is 10.8 Å². The first-order valence-electron chi connectivity index (χ1n) is 5.76. The van der Waals surface area contributed by atoms with E-state index in [1.54, 1.807) is 24.3 Å². The highest BCUT2D eigenvalue weighted by Crippen LogP contribution is 2.26. The zero-order valence-corrected chi connectivity index (χ0v) is 11.0. The maximum Gasteiger partial charge on any atom is 0.340 e. The van der Waals surface area contributed by atoms with Gasteiger partial charge >= 0.3 is 11.9 Å². The normalized spacial score (nSPS) is 9.85. The van der Waals surface area contributed by atoms with Gasteiger partial charge in [-0.2, -0.15) is 5.26 Å². The Hall–Kier alpha value is -2.87. The minimum atomic E-state index is -0.743. The molecule has 0 aliphatic rings. The quantitative estimate of drug-likeness (QED) is 0.782. The number of hydrogen-bond acceptors (Lipinski definition) is 5. The van der Waals surface area contributed by atoms with E-state index in [1.807, 2.05) is 6.07 Å². The number of rotatable bonds is 2. The first kappa shape index (κ1) is 13.6. The lowest BCUT2D eigenvalue weighted by atomic mass is 9.94. The molecule has 0 atom stereocenters. The molecule has 0 unspecified atom stereocenters. The van der Waals surface area contributed by atoms with Gasteiger partial charge in [-0.05, 0) is 11.5 Å². The standard InChI is InChI=1S/C15H11NO4/c1-19-14(17)11-7-9-5-3-4-6-10(9)12(8-16)13(11)15(18)20-2/h3-7H,1-2H3. The molecule has 0 aliphatic heterocycles. The Balaban J connectivity index is 2.93. The first-order valence-corrected chi connectivity index (χ1v) is 5.76. The van der Waals surface area contributed by atoms with Crippen molar-refractivity contribution in [2.45, 2.75) is 0 Å². The second-order valence-corrected chi connectivity index (χ2v) is 3.99. The molecule has 2 aromatic rings. The lowest BCUT2D eigenvalue weighted by Crippen LogP contribution is -2.14. The molecule has 0 heterocycles. The zero-order valence-electron chi connectivity index (χ0n) is 11.0. The molecule has 0 aliphatic carbocycles. The average Bonchev–Trinajstić information content (AvgIpc) is 2.51. The maximum absolute atomic E-state index is 11.9. The van der Waals surface area contributed by atoms with Crippen molar-refractivity contribution in [3.05, 3.63) is 47.0 Å². The summed E-state index contributed by atoms with van der Waals surface area (Å²) in [6.45, 7) is 0. The molecular weight excluding hydrogens is 258 g/mol. The summed E-state index contributed by atoms with van der Waals surface area (Å²) in [5.41, 5.74) is 0.0606. The number of esters is 2. The Bertz CT molecular complexity index is 743. The molecule has 5 nitrogen and oxygen atoms in total. The van der Waals surface area contributed by atoms with E-state index < -0.39 is 11.9 Å². The fourth-order valence-electron chi connectivity index (χ4n) is 2.05. The molecule has 0 fully saturated rings. The van der Waals surface area contributed by atoms with Gasteiger partial charge in [0.2, 0.25) is 0 Å².